The lowest BCUT2D eigenvalue weighted by molar-refractivity contribution is -0.125. The van der Waals surface area contributed by atoms with Crippen molar-refractivity contribution in [3.05, 3.63) is 29.8 Å². The number of amides is 1. The lowest BCUT2D eigenvalue weighted by Crippen LogP contribution is -2.47. The second-order valence-electron chi connectivity index (χ2n) is 6.99. The van der Waals surface area contributed by atoms with E-state index in [1.165, 1.54) is 0 Å². The summed E-state index contributed by atoms with van der Waals surface area (Å²) in [4.78, 5) is 28.4. The van der Waals surface area contributed by atoms with Crippen molar-refractivity contribution in [1.29, 1.82) is 0 Å². The van der Waals surface area contributed by atoms with Gasteiger partial charge in [-0.2, -0.15) is 0 Å². The van der Waals surface area contributed by atoms with Crippen LogP contribution >= 0.6 is 0 Å². The van der Waals surface area contributed by atoms with Crippen molar-refractivity contribution in [3.63, 3.8) is 0 Å². The number of hydrogen-bond acceptors (Lipinski definition) is 5. The van der Waals surface area contributed by atoms with Crippen LogP contribution < -0.4 is 10.2 Å². The zero-order valence-electron chi connectivity index (χ0n) is 15.6. The number of carbonyl (C=O) groups is 2. The number of nitrogens with zero attached hydrogens (tertiary/aromatic N) is 2. The van der Waals surface area contributed by atoms with E-state index in [9.17, 15) is 9.59 Å². The van der Waals surface area contributed by atoms with Crippen molar-refractivity contribution in [3.8, 4) is 0 Å². The van der Waals surface area contributed by atoms with Crippen molar-refractivity contribution in [2.75, 3.05) is 38.7 Å². The minimum absolute atomic E-state index is 0.167. The molecule has 6 heteroatoms. The number of anilines is 1. The first-order chi connectivity index (χ1) is 11.9. The quantitative estimate of drug-likeness (QED) is 0.797. The van der Waals surface area contributed by atoms with Crippen molar-refractivity contribution < 1.29 is 14.3 Å². The number of ether oxygens (including phenoxy) is 1. The molecule has 0 radical (unpaired) electrons. The number of carbonyl (C=O) groups excluding carboxylic acids is 2. The Hall–Kier alpha value is -2.08. The maximum atomic E-state index is 12.0. The van der Waals surface area contributed by atoms with Crippen LogP contribution in [-0.4, -0.2) is 62.7 Å². The third-order valence-corrected chi connectivity index (χ3v) is 4.58. The summed E-state index contributed by atoms with van der Waals surface area (Å²) < 4.78 is 5.12. The maximum absolute atomic E-state index is 12.0. The molecule has 1 amide bonds. The van der Waals surface area contributed by atoms with Crippen molar-refractivity contribution >= 4 is 17.6 Å². The molecule has 1 N–H and O–H groups in total. The number of esters is 1. The molecule has 6 nitrogen and oxygen atoms in total. The molecule has 1 fully saturated rings. The number of hydrogen-bond donors (Lipinski definition) is 1. The second-order valence-corrected chi connectivity index (χ2v) is 6.99. The summed E-state index contributed by atoms with van der Waals surface area (Å²) in [5.41, 5.74) is 1.45. The van der Waals surface area contributed by atoms with E-state index in [4.69, 9.17) is 4.74 Å². The second kappa shape index (κ2) is 8.85. The summed E-state index contributed by atoms with van der Waals surface area (Å²) in [6.45, 7) is 6.10. The average molecular weight is 347 g/mol. The lowest BCUT2D eigenvalue weighted by atomic mass is 10.0. The molecule has 0 saturated carbocycles. The molecule has 1 aliphatic heterocycles. The van der Waals surface area contributed by atoms with Crippen LogP contribution in [0.15, 0.2) is 24.3 Å². The van der Waals surface area contributed by atoms with Crippen LogP contribution in [0.2, 0.25) is 0 Å². The third-order valence-electron chi connectivity index (χ3n) is 4.58. The van der Waals surface area contributed by atoms with Crippen molar-refractivity contribution in [2.24, 2.45) is 0 Å². The van der Waals surface area contributed by atoms with E-state index < -0.39 is 5.97 Å². The summed E-state index contributed by atoms with van der Waals surface area (Å²) in [5, 5.41) is 2.96. The van der Waals surface area contributed by atoms with Gasteiger partial charge >= 0.3 is 5.97 Å². The number of nitrogens with one attached hydrogen (secondary N) is 1. The largest absolute Gasteiger partial charge is 0.452 e. The van der Waals surface area contributed by atoms with Gasteiger partial charge in [0.25, 0.3) is 5.91 Å². The molecule has 138 valence electrons. The predicted octanol–water partition coefficient (Wildman–Crippen LogP) is 1.90. The fraction of sp³-hybridized carbons (Fsp3) is 0.579. The average Bonchev–Trinajstić information content (AvgIpc) is 2.60. The molecule has 0 bridgehead atoms. The highest BCUT2D eigenvalue weighted by Crippen LogP contribution is 2.14. The van der Waals surface area contributed by atoms with Gasteiger partial charge in [0.15, 0.2) is 6.61 Å². The van der Waals surface area contributed by atoms with Crippen LogP contribution in [0.4, 0.5) is 5.69 Å². The maximum Gasteiger partial charge on any atom is 0.338 e. The van der Waals surface area contributed by atoms with E-state index in [1.54, 1.807) is 12.1 Å². The Kier molecular flexibility index (Phi) is 6.82. The Morgan fingerprint density at radius 3 is 2.32 bits per heavy atom. The molecular weight excluding hydrogens is 318 g/mol. The van der Waals surface area contributed by atoms with Crippen LogP contribution in [0.1, 0.15) is 37.0 Å². The summed E-state index contributed by atoms with van der Waals surface area (Å²) in [6.07, 6.45) is 1.87. The smallest absolute Gasteiger partial charge is 0.338 e. The Morgan fingerprint density at radius 1 is 1.20 bits per heavy atom. The number of piperidine rings is 1. The van der Waals surface area contributed by atoms with Crippen LogP contribution in [-0.2, 0) is 9.53 Å². The molecule has 1 saturated heterocycles. The highest BCUT2D eigenvalue weighted by Gasteiger charge is 2.22. The molecule has 0 aliphatic carbocycles. The highest BCUT2D eigenvalue weighted by atomic mass is 16.5. The number of benzene rings is 1. The summed E-state index contributed by atoms with van der Waals surface area (Å²) in [6, 6.07) is 7.81. The van der Waals surface area contributed by atoms with Gasteiger partial charge in [-0.1, -0.05) is 0 Å². The minimum atomic E-state index is -0.477. The molecule has 0 aromatic heterocycles. The Bertz CT molecular complexity index is 576. The molecule has 0 spiro atoms. The predicted molar refractivity (Wildman–Crippen MR) is 98.9 cm³/mol. The molecule has 25 heavy (non-hydrogen) atoms. The Labute approximate surface area is 150 Å². The summed E-state index contributed by atoms with van der Waals surface area (Å²) >= 11 is 0. The Balaban J connectivity index is 1.73. The van der Waals surface area contributed by atoms with Gasteiger partial charge in [0, 0.05) is 45.0 Å². The van der Waals surface area contributed by atoms with E-state index in [2.05, 4.69) is 24.1 Å². The monoisotopic (exact) mass is 347 g/mol. The fourth-order valence-electron chi connectivity index (χ4n) is 2.94. The van der Waals surface area contributed by atoms with Crippen LogP contribution in [0.3, 0.4) is 0 Å². The zero-order chi connectivity index (χ0) is 18.4. The van der Waals surface area contributed by atoms with Gasteiger partial charge in [-0.15, -0.1) is 0 Å². The molecule has 1 heterocycles. The van der Waals surface area contributed by atoms with Gasteiger partial charge in [-0.25, -0.2) is 4.79 Å². The van der Waals surface area contributed by atoms with Crippen molar-refractivity contribution in [1.82, 2.24) is 10.2 Å². The van der Waals surface area contributed by atoms with Crippen LogP contribution in [0.5, 0.6) is 0 Å². The van der Waals surface area contributed by atoms with E-state index in [-0.39, 0.29) is 18.6 Å². The molecule has 1 aliphatic rings. The first kappa shape index (κ1) is 19.2. The SMILES string of the molecule is CC(C)N1CCC(NC(=O)COC(=O)c2ccc(N(C)C)cc2)CC1. The van der Waals surface area contributed by atoms with E-state index in [0.29, 0.717) is 11.6 Å². The van der Waals surface area contributed by atoms with Crippen LogP contribution in [0, 0.1) is 0 Å². The summed E-state index contributed by atoms with van der Waals surface area (Å²) in [7, 11) is 3.87. The number of likely N-dealkylation sites (tertiary alicyclic amines) is 1. The van der Waals surface area contributed by atoms with Gasteiger partial charge in [-0.3, -0.25) is 4.79 Å². The van der Waals surface area contributed by atoms with Gasteiger partial charge in [0.2, 0.25) is 0 Å². The molecule has 1 aromatic rings. The first-order valence-electron chi connectivity index (χ1n) is 8.84. The molecule has 0 atom stereocenters. The van der Waals surface area contributed by atoms with Gasteiger partial charge in [-0.05, 0) is 51.0 Å². The Morgan fingerprint density at radius 2 is 1.80 bits per heavy atom. The van der Waals surface area contributed by atoms with Crippen molar-refractivity contribution in [2.45, 2.75) is 38.8 Å². The summed E-state index contributed by atoms with van der Waals surface area (Å²) in [5.74, 6) is -0.712. The normalized spacial score (nSPS) is 15.9. The highest BCUT2D eigenvalue weighted by molar-refractivity contribution is 5.91. The van der Waals surface area contributed by atoms with Crippen LogP contribution in [0.25, 0.3) is 0 Å². The standard InChI is InChI=1S/C19H29N3O3/c1-14(2)22-11-9-16(10-12-22)20-18(23)13-25-19(24)15-5-7-17(8-6-15)21(3)4/h5-8,14,16H,9-13H2,1-4H3,(H,20,23). The number of rotatable bonds is 6. The van der Waals surface area contributed by atoms with E-state index in [1.807, 2.05) is 31.1 Å². The fourth-order valence-corrected chi connectivity index (χ4v) is 2.94. The van der Waals surface area contributed by atoms with Gasteiger partial charge in [0.05, 0.1) is 5.56 Å². The van der Waals surface area contributed by atoms with E-state index in [0.717, 1.165) is 31.6 Å². The minimum Gasteiger partial charge on any atom is -0.452 e. The first-order valence-corrected chi connectivity index (χ1v) is 8.84. The molecule has 2 rings (SSSR count). The van der Waals surface area contributed by atoms with Gasteiger partial charge < -0.3 is 19.9 Å². The molecular formula is C19H29N3O3. The third kappa shape index (κ3) is 5.74. The lowest BCUT2D eigenvalue weighted by Gasteiger charge is -2.34. The van der Waals surface area contributed by atoms with Gasteiger partial charge in [0.1, 0.15) is 0 Å². The zero-order valence-corrected chi connectivity index (χ0v) is 15.6. The topological polar surface area (TPSA) is 61.9 Å². The molecule has 1 aromatic carbocycles. The molecule has 0 unspecified atom stereocenters. The van der Waals surface area contributed by atoms with E-state index >= 15 is 0 Å².